The second-order valence-corrected chi connectivity index (χ2v) is 7.76. The standard InChI is InChI=1S/C21H32FN3O4/c1-5-15(2)20(21(27)29-4)23-19(26)14-25-10-8-24(9-11-25)13-16-12-17(22)6-7-18(16)28-3/h6-7,12,15,20H,5,8-11,13-14H2,1-4H3,(H,23,26)/p+2/t15-,20-/m0/s1. The van der Waals surface area contributed by atoms with Crippen LogP contribution in [0.15, 0.2) is 18.2 Å². The number of esters is 1. The zero-order valence-corrected chi connectivity index (χ0v) is 17.8. The normalized spacial score (nSPS) is 21.1. The molecule has 0 aromatic heterocycles. The van der Waals surface area contributed by atoms with Gasteiger partial charge in [-0.2, -0.15) is 0 Å². The summed E-state index contributed by atoms with van der Waals surface area (Å²) in [6.07, 6.45) is 0.776. The smallest absolute Gasteiger partial charge is 0.328 e. The molecule has 8 heteroatoms. The molecule has 1 aliphatic heterocycles. The van der Waals surface area contributed by atoms with Crippen molar-refractivity contribution >= 4 is 11.9 Å². The van der Waals surface area contributed by atoms with Gasteiger partial charge in [0.05, 0.1) is 19.8 Å². The summed E-state index contributed by atoms with van der Waals surface area (Å²) in [5.74, 6) is -0.0783. The van der Waals surface area contributed by atoms with E-state index in [0.717, 1.165) is 38.2 Å². The summed E-state index contributed by atoms with van der Waals surface area (Å²) < 4.78 is 23.7. The van der Waals surface area contributed by atoms with Crippen LogP contribution in [0, 0.1) is 11.7 Å². The van der Waals surface area contributed by atoms with Gasteiger partial charge in [-0.3, -0.25) is 4.79 Å². The van der Waals surface area contributed by atoms with E-state index in [2.05, 4.69) is 5.32 Å². The van der Waals surface area contributed by atoms with Crippen molar-refractivity contribution in [2.75, 3.05) is 46.9 Å². The van der Waals surface area contributed by atoms with Crippen molar-refractivity contribution in [1.29, 1.82) is 0 Å². The lowest BCUT2D eigenvalue weighted by Gasteiger charge is -2.30. The van der Waals surface area contributed by atoms with Crippen LogP contribution in [-0.2, 0) is 20.9 Å². The van der Waals surface area contributed by atoms with E-state index in [4.69, 9.17) is 9.47 Å². The minimum atomic E-state index is -0.607. The van der Waals surface area contributed by atoms with Crippen LogP contribution in [0.25, 0.3) is 0 Å². The number of amides is 1. The van der Waals surface area contributed by atoms with Crippen molar-refractivity contribution in [2.24, 2.45) is 5.92 Å². The fourth-order valence-electron chi connectivity index (χ4n) is 3.71. The third-order valence-electron chi connectivity index (χ3n) is 5.74. The molecule has 1 aromatic carbocycles. The van der Waals surface area contributed by atoms with Gasteiger partial charge in [0.1, 0.15) is 50.3 Å². The highest BCUT2D eigenvalue weighted by molar-refractivity contribution is 5.85. The van der Waals surface area contributed by atoms with Gasteiger partial charge in [-0.25, -0.2) is 9.18 Å². The van der Waals surface area contributed by atoms with Gasteiger partial charge in [0, 0.05) is 0 Å². The first-order chi connectivity index (χ1) is 13.9. The van der Waals surface area contributed by atoms with E-state index in [0.29, 0.717) is 18.8 Å². The Morgan fingerprint density at radius 2 is 1.83 bits per heavy atom. The van der Waals surface area contributed by atoms with Gasteiger partial charge < -0.3 is 24.6 Å². The molecule has 29 heavy (non-hydrogen) atoms. The van der Waals surface area contributed by atoms with Crippen molar-refractivity contribution in [2.45, 2.75) is 32.9 Å². The number of piperazine rings is 1. The zero-order valence-electron chi connectivity index (χ0n) is 17.8. The van der Waals surface area contributed by atoms with Crippen LogP contribution < -0.4 is 19.9 Å². The first kappa shape index (κ1) is 23.1. The molecule has 0 bridgehead atoms. The average Bonchev–Trinajstić information content (AvgIpc) is 2.72. The quantitative estimate of drug-likeness (QED) is 0.448. The third kappa shape index (κ3) is 6.68. The minimum Gasteiger partial charge on any atom is -0.496 e. The van der Waals surface area contributed by atoms with Gasteiger partial charge in [0.15, 0.2) is 6.54 Å². The second kappa shape index (κ2) is 11.1. The van der Waals surface area contributed by atoms with Gasteiger partial charge in [-0.15, -0.1) is 0 Å². The van der Waals surface area contributed by atoms with Crippen molar-refractivity contribution in [1.82, 2.24) is 5.32 Å². The molecular weight excluding hydrogens is 377 g/mol. The third-order valence-corrected chi connectivity index (χ3v) is 5.74. The number of carbonyl (C=O) groups excluding carboxylic acids is 2. The van der Waals surface area contributed by atoms with Crippen LogP contribution >= 0.6 is 0 Å². The lowest BCUT2D eigenvalue weighted by atomic mass is 9.99. The average molecular weight is 412 g/mol. The summed E-state index contributed by atoms with van der Waals surface area (Å²) in [6, 6.07) is 3.98. The number of methoxy groups -OCH3 is 2. The van der Waals surface area contributed by atoms with E-state index < -0.39 is 12.0 Å². The Morgan fingerprint density at radius 3 is 2.41 bits per heavy atom. The topological polar surface area (TPSA) is 73.5 Å². The Morgan fingerprint density at radius 1 is 1.17 bits per heavy atom. The highest BCUT2D eigenvalue weighted by Gasteiger charge is 2.30. The molecular formula is C21H34FN3O4+2. The number of ether oxygens (including phenoxy) is 2. The molecule has 2 rings (SSSR count). The first-order valence-electron chi connectivity index (χ1n) is 10.2. The number of hydrogen-bond acceptors (Lipinski definition) is 4. The van der Waals surface area contributed by atoms with Crippen LogP contribution in [-0.4, -0.2) is 64.9 Å². The molecule has 1 aromatic rings. The molecule has 1 aliphatic rings. The lowest BCUT2D eigenvalue weighted by Crippen LogP contribution is -3.28. The molecule has 1 heterocycles. The Balaban J connectivity index is 1.84. The van der Waals surface area contributed by atoms with Crippen LogP contribution in [0.1, 0.15) is 25.8 Å². The largest absolute Gasteiger partial charge is 0.496 e. The fraction of sp³-hybridized carbons (Fsp3) is 0.619. The Bertz CT molecular complexity index is 693. The van der Waals surface area contributed by atoms with Gasteiger partial charge >= 0.3 is 5.97 Å². The molecule has 2 atom stereocenters. The maximum Gasteiger partial charge on any atom is 0.328 e. The van der Waals surface area contributed by atoms with Crippen LogP contribution in [0.5, 0.6) is 5.75 Å². The number of rotatable bonds is 9. The summed E-state index contributed by atoms with van der Waals surface area (Å²) in [5, 5.41) is 2.84. The number of benzene rings is 1. The summed E-state index contributed by atoms with van der Waals surface area (Å²) in [5.41, 5.74) is 0.859. The first-order valence-corrected chi connectivity index (χ1v) is 10.2. The van der Waals surface area contributed by atoms with Gasteiger partial charge in [0.25, 0.3) is 5.91 Å². The predicted molar refractivity (Wildman–Crippen MR) is 106 cm³/mol. The SMILES string of the molecule is CC[C@H](C)[C@H](NC(=O)C[NH+]1CC[NH+](Cc2cc(F)ccc2OC)CC1)C(=O)OC. The van der Waals surface area contributed by atoms with Gasteiger partial charge in [-0.1, -0.05) is 20.3 Å². The number of hydrogen-bond donors (Lipinski definition) is 3. The molecule has 0 aliphatic carbocycles. The highest BCUT2D eigenvalue weighted by atomic mass is 19.1. The number of carbonyl (C=O) groups is 2. The molecule has 1 amide bonds. The molecule has 7 nitrogen and oxygen atoms in total. The Labute approximate surface area is 172 Å². The fourth-order valence-corrected chi connectivity index (χ4v) is 3.71. The van der Waals surface area contributed by atoms with Crippen LogP contribution in [0.2, 0.25) is 0 Å². The predicted octanol–water partition coefficient (Wildman–Crippen LogP) is -1.18. The van der Waals surface area contributed by atoms with Crippen LogP contribution in [0.3, 0.4) is 0 Å². The molecule has 0 radical (unpaired) electrons. The molecule has 0 saturated carbocycles. The van der Waals surface area contributed by atoms with E-state index in [1.54, 1.807) is 13.2 Å². The van der Waals surface area contributed by atoms with E-state index in [1.165, 1.54) is 29.0 Å². The molecule has 1 fully saturated rings. The molecule has 0 spiro atoms. The van der Waals surface area contributed by atoms with Crippen molar-refractivity contribution in [3.8, 4) is 5.75 Å². The van der Waals surface area contributed by atoms with E-state index in [1.807, 2.05) is 13.8 Å². The highest BCUT2D eigenvalue weighted by Crippen LogP contribution is 2.18. The summed E-state index contributed by atoms with van der Waals surface area (Å²) in [4.78, 5) is 26.9. The minimum absolute atomic E-state index is 0.0175. The van der Waals surface area contributed by atoms with Gasteiger partial charge in [0.2, 0.25) is 0 Å². The van der Waals surface area contributed by atoms with Crippen LogP contribution in [0.4, 0.5) is 4.39 Å². The molecule has 3 N–H and O–H groups in total. The van der Waals surface area contributed by atoms with E-state index in [-0.39, 0.29) is 17.6 Å². The molecule has 162 valence electrons. The maximum absolute atomic E-state index is 13.6. The number of quaternary nitrogens is 2. The number of nitrogens with one attached hydrogen (secondary N) is 3. The van der Waals surface area contributed by atoms with Crippen molar-refractivity contribution in [3.05, 3.63) is 29.6 Å². The van der Waals surface area contributed by atoms with Crippen molar-refractivity contribution < 1.29 is 33.3 Å². The lowest BCUT2D eigenvalue weighted by molar-refractivity contribution is -1.02. The summed E-state index contributed by atoms with van der Waals surface area (Å²) >= 11 is 0. The zero-order chi connectivity index (χ0) is 21.4. The van der Waals surface area contributed by atoms with E-state index >= 15 is 0 Å². The van der Waals surface area contributed by atoms with Gasteiger partial charge in [-0.05, 0) is 24.1 Å². The second-order valence-electron chi connectivity index (χ2n) is 7.76. The Kier molecular flexibility index (Phi) is 8.85. The number of halogens is 1. The van der Waals surface area contributed by atoms with E-state index in [9.17, 15) is 14.0 Å². The Hall–Kier alpha value is -2.19. The summed E-state index contributed by atoms with van der Waals surface area (Å²) in [6.45, 7) is 8.38. The monoisotopic (exact) mass is 411 g/mol. The maximum atomic E-state index is 13.6. The summed E-state index contributed by atoms with van der Waals surface area (Å²) in [7, 11) is 2.93. The molecule has 1 saturated heterocycles. The molecule has 0 unspecified atom stereocenters. The van der Waals surface area contributed by atoms with Crippen molar-refractivity contribution in [3.63, 3.8) is 0 Å².